The lowest BCUT2D eigenvalue weighted by Crippen LogP contribution is -2.02. The van der Waals surface area contributed by atoms with Gasteiger partial charge < -0.3 is 9.73 Å². The van der Waals surface area contributed by atoms with Crippen LogP contribution in [0.5, 0.6) is 0 Å². The summed E-state index contributed by atoms with van der Waals surface area (Å²) in [5.74, 6) is 0. The lowest BCUT2D eigenvalue weighted by molar-refractivity contribution is -0.384. The van der Waals surface area contributed by atoms with E-state index in [1.807, 2.05) is 31.2 Å². The van der Waals surface area contributed by atoms with Crippen molar-refractivity contribution in [3.63, 3.8) is 0 Å². The largest absolute Gasteiger partial charge is 0.422 e. The molecule has 2 aromatic heterocycles. The van der Waals surface area contributed by atoms with Crippen LogP contribution in [0.1, 0.15) is 5.56 Å². The van der Waals surface area contributed by atoms with E-state index in [4.69, 9.17) is 4.42 Å². The minimum atomic E-state index is -0.575. The fourth-order valence-electron chi connectivity index (χ4n) is 2.52. The van der Waals surface area contributed by atoms with E-state index in [0.29, 0.717) is 15.5 Å². The predicted octanol–water partition coefficient (Wildman–Crippen LogP) is 4.27. The molecule has 9 heteroatoms. The van der Waals surface area contributed by atoms with Crippen molar-refractivity contribution in [2.75, 3.05) is 5.32 Å². The van der Waals surface area contributed by atoms with Crippen molar-refractivity contribution in [1.82, 2.24) is 10.2 Å². The van der Waals surface area contributed by atoms with Crippen molar-refractivity contribution in [3.05, 3.63) is 74.6 Å². The molecule has 0 amide bonds. The van der Waals surface area contributed by atoms with Gasteiger partial charge in [-0.3, -0.25) is 10.1 Å². The molecule has 0 atom stereocenters. The summed E-state index contributed by atoms with van der Waals surface area (Å²) in [7, 11) is 0. The third kappa shape index (κ3) is 3.40. The molecule has 4 rings (SSSR count). The van der Waals surface area contributed by atoms with E-state index in [-0.39, 0.29) is 16.8 Å². The Labute approximate surface area is 156 Å². The van der Waals surface area contributed by atoms with Crippen LogP contribution in [0.4, 0.5) is 16.5 Å². The van der Waals surface area contributed by atoms with Crippen molar-refractivity contribution in [2.24, 2.45) is 0 Å². The zero-order valence-corrected chi connectivity index (χ0v) is 14.8. The zero-order valence-electron chi connectivity index (χ0n) is 14.0. The topological polar surface area (TPSA) is 111 Å². The second-order valence-electron chi connectivity index (χ2n) is 5.83. The molecule has 8 nitrogen and oxygen atoms in total. The molecule has 0 unspecified atom stereocenters. The Morgan fingerprint density at radius 1 is 1.11 bits per heavy atom. The number of nitro groups is 1. The van der Waals surface area contributed by atoms with Crippen LogP contribution >= 0.6 is 11.3 Å². The number of hydrogen-bond donors (Lipinski definition) is 1. The van der Waals surface area contributed by atoms with Crippen LogP contribution in [-0.2, 0) is 0 Å². The molecule has 0 spiro atoms. The number of rotatable bonds is 4. The van der Waals surface area contributed by atoms with Crippen molar-refractivity contribution >= 4 is 38.8 Å². The highest BCUT2D eigenvalue weighted by Crippen LogP contribution is 2.29. The zero-order chi connectivity index (χ0) is 19.0. The molecular weight excluding hydrogens is 368 g/mol. The molecule has 0 saturated heterocycles. The van der Waals surface area contributed by atoms with Gasteiger partial charge in [-0.05, 0) is 31.2 Å². The van der Waals surface area contributed by atoms with E-state index in [9.17, 15) is 14.9 Å². The molecule has 0 aliphatic heterocycles. The smallest absolute Gasteiger partial charge is 0.346 e. The number of fused-ring (bicyclic) bond motifs is 1. The van der Waals surface area contributed by atoms with Gasteiger partial charge >= 0.3 is 5.63 Å². The van der Waals surface area contributed by atoms with Gasteiger partial charge in [0.2, 0.25) is 5.13 Å². The van der Waals surface area contributed by atoms with E-state index < -0.39 is 10.5 Å². The number of hydrogen-bond acceptors (Lipinski definition) is 8. The molecule has 0 radical (unpaired) electrons. The Bertz CT molecular complexity index is 1210. The molecule has 1 N–H and O–H groups in total. The summed E-state index contributed by atoms with van der Waals surface area (Å²) in [4.78, 5) is 22.7. The summed E-state index contributed by atoms with van der Waals surface area (Å²) < 4.78 is 5.26. The van der Waals surface area contributed by atoms with Gasteiger partial charge in [0.05, 0.1) is 10.5 Å². The van der Waals surface area contributed by atoms with Gasteiger partial charge in [-0.25, -0.2) is 4.79 Å². The van der Waals surface area contributed by atoms with Gasteiger partial charge in [0.1, 0.15) is 5.58 Å². The standard InChI is InChI=1S/C18H12N4O4S/c1-10-2-4-12(5-3-10)19-18-21-20-16(27-18)14-9-11-8-13(22(24)25)6-7-15(11)26-17(14)23/h2-9H,1H3,(H,19,21). The maximum absolute atomic E-state index is 12.3. The molecule has 0 fully saturated rings. The first kappa shape index (κ1) is 16.9. The molecule has 2 heterocycles. The van der Waals surface area contributed by atoms with Crippen LogP contribution in [0.3, 0.4) is 0 Å². The molecule has 0 bridgehead atoms. The van der Waals surface area contributed by atoms with Crippen molar-refractivity contribution < 1.29 is 9.34 Å². The Balaban J connectivity index is 1.70. The summed E-state index contributed by atoms with van der Waals surface area (Å²) >= 11 is 1.19. The maximum Gasteiger partial charge on any atom is 0.346 e. The molecule has 0 aliphatic rings. The molecular formula is C18H12N4O4S. The third-order valence-corrected chi connectivity index (χ3v) is 4.76. The first-order valence-electron chi connectivity index (χ1n) is 7.89. The number of nitrogens with zero attached hydrogens (tertiary/aromatic N) is 3. The molecule has 134 valence electrons. The highest BCUT2D eigenvalue weighted by molar-refractivity contribution is 7.18. The van der Waals surface area contributed by atoms with E-state index in [0.717, 1.165) is 11.3 Å². The summed E-state index contributed by atoms with van der Waals surface area (Å²) in [5, 5.41) is 23.5. The lowest BCUT2D eigenvalue weighted by Gasteiger charge is -2.01. The van der Waals surface area contributed by atoms with E-state index >= 15 is 0 Å². The number of aryl methyl sites for hydroxylation is 1. The SMILES string of the molecule is Cc1ccc(Nc2nnc(-c3cc4cc([N+](=O)[O-])ccc4oc3=O)s2)cc1. The third-order valence-electron chi connectivity index (χ3n) is 3.88. The second kappa shape index (κ2) is 6.61. The van der Waals surface area contributed by atoms with Crippen LogP contribution in [0, 0.1) is 17.0 Å². The molecule has 2 aromatic carbocycles. The van der Waals surface area contributed by atoms with Gasteiger partial charge in [-0.1, -0.05) is 29.0 Å². The molecule has 4 aromatic rings. The number of aromatic nitrogens is 2. The number of benzene rings is 2. The minimum Gasteiger partial charge on any atom is -0.422 e. The summed E-state index contributed by atoms with van der Waals surface area (Å²) in [6.45, 7) is 2.00. The molecule has 27 heavy (non-hydrogen) atoms. The lowest BCUT2D eigenvalue weighted by atomic mass is 10.2. The van der Waals surface area contributed by atoms with Gasteiger partial charge in [0.25, 0.3) is 5.69 Å². The highest BCUT2D eigenvalue weighted by Gasteiger charge is 2.15. The first-order chi connectivity index (χ1) is 13.0. The Hall–Kier alpha value is -3.59. The molecule has 0 saturated carbocycles. The van der Waals surface area contributed by atoms with Gasteiger partial charge in [-0.15, -0.1) is 10.2 Å². The summed E-state index contributed by atoms with van der Waals surface area (Å²) in [6, 6.07) is 13.4. The Kier molecular flexibility index (Phi) is 4.13. The Morgan fingerprint density at radius 2 is 1.89 bits per heavy atom. The predicted molar refractivity (Wildman–Crippen MR) is 103 cm³/mol. The van der Waals surface area contributed by atoms with Crippen LogP contribution in [0.15, 0.2) is 57.7 Å². The van der Waals surface area contributed by atoms with Crippen molar-refractivity contribution in [2.45, 2.75) is 6.92 Å². The van der Waals surface area contributed by atoms with Crippen LogP contribution < -0.4 is 10.9 Å². The monoisotopic (exact) mass is 380 g/mol. The average molecular weight is 380 g/mol. The van der Waals surface area contributed by atoms with Crippen molar-refractivity contribution in [3.8, 4) is 10.6 Å². The van der Waals surface area contributed by atoms with E-state index in [1.54, 1.807) is 0 Å². The highest BCUT2D eigenvalue weighted by atomic mass is 32.1. The number of nitrogens with one attached hydrogen (secondary N) is 1. The number of nitro benzene ring substituents is 1. The maximum atomic E-state index is 12.3. The summed E-state index contributed by atoms with van der Waals surface area (Å²) in [6.07, 6.45) is 0. The molecule has 0 aliphatic carbocycles. The first-order valence-corrected chi connectivity index (χ1v) is 8.71. The van der Waals surface area contributed by atoms with E-state index in [1.165, 1.54) is 35.6 Å². The van der Waals surface area contributed by atoms with Crippen LogP contribution in [-0.4, -0.2) is 15.1 Å². The number of non-ortho nitro benzene ring substituents is 1. The van der Waals surface area contributed by atoms with Crippen molar-refractivity contribution in [1.29, 1.82) is 0 Å². The van der Waals surface area contributed by atoms with Crippen LogP contribution in [0.25, 0.3) is 21.5 Å². The van der Waals surface area contributed by atoms with Gasteiger partial charge in [-0.2, -0.15) is 0 Å². The average Bonchev–Trinajstić information content (AvgIpc) is 3.11. The second-order valence-corrected chi connectivity index (χ2v) is 6.81. The normalized spacial score (nSPS) is 10.9. The quantitative estimate of drug-likeness (QED) is 0.320. The fourth-order valence-corrected chi connectivity index (χ4v) is 3.28. The van der Waals surface area contributed by atoms with E-state index in [2.05, 4.69) is 15.5 Å². The fraction of sp³-hybridized carbons (Fsp3) is 0.0556. The summed E-state index contributed by atoms with van der Waals surface area (Å²) in [5.41, 5.74) is 1.82. The van der Waals surface area contributed by atoms with Gasteiger partial charge in [0.15, 0.2) is 5.01 Å². The Morgan fingerprint density at radius 3 is 2.63 bits per heavy atom. The van der Waals surface area contributed by atoms with Crippen LogP contribution in [0.2, 0.25) is 0 Å². The van der Waals surface area contributed by atoms with Gasteiger partial charge in [0, 0.05) is 23.2 Å². The number of anilines is 2. The minimum absolute atomic E-state index is 0.0821.